The molecule has 1 aromatic carbocycles. The zero-order chi connectivity index (χ0) is 23.1. The number of aromatic nitrogens is 2. The molecule has 0 spiro atoms. The van der Waals surface area contributed by atoms with E-state index in [4.69, 9.17) is 9.47 Å². The highest BCUT2D eigenvalue weighted by Gasteiger charge is 2.57. The number of halogens is 4. The Morgan fingerprint density at radius 2 is 1.97 bits per heavy atom. The first-order valence-corrected chi connectivity index (χ1v) is 9.79. The van der Waals surface area contributed by atoms with Crippen LogP contribution in [-0.2, 0) is 12.6 Å². The van der Waals surface area contributed by atoms with E-state index in [-0.39, 0.29) is 36.5 Å². The van der Waals surface area contributed by atoms with Crippen molar-refractivity contribution in [3.8, 4) is 11.5 Å². The summed E-state index contributed by atoms with van der Waals surface area (Å²) >= 11 is 0. The summed E-state index contributed by atoms with van der Waals surface area (Å²) in [4.78, 5) is 7.88. The highest BCUT2D eigenvalue weighted by atomic mass is 127. The van der Waals surface area contributed by atoms with Crippen molar-refractivity contribution in [2.75, 3.05) is 32.1 Å². The fourth-order valence-electron chi connectivity index (χ4n) is 2.94. The van der Waals surface area contributed by atoms with E-state index in [9.17, 15) is 18.3 Å². The van der Waals surface area contributed by atoms with Gasteiger partial charge in [-0.2, -0.15) is 13.2 Å². The van der Waals surface area contributed by atoms with Crippen molar-refractivity contribution in [2.45, 2.75) is 32.0 Å². The number of aliphatic hydroxyl groups is 1. The predicted molar refractivity (Wildman–Crippen MR) is 127 cm³/mol. The number of alkyl halides is 3. The summed E-state index contributed by atoms with van der Waals surface area (Å²) in [6.45, 7) is 4.30. The predicted octanol–water partition coefficient (Wildman–Crippen LogP) is 3.66. The van der Waals surface area contributed by atoms with E-state index >= 15 is 0 Å². The van der Waals surface area contributed by atoms with Gasteiger partial charge in [-0.25, -0.2) is 4.98 Å². The molecule has 8 nitrogen and oxygen atoms in total. The average molecular weight is 571 g/mol. The van der Waals surface area contributed by atoms with Gasteiger partial charge in [-0.3, -0.25) is 4.99 Å². The molecule has 0 saturated carbocycles. The van der Waals surface area contributed by atoms with Gasteiger partial charge in [-0.1, -0.05) is 0 Å². The smallest absolute Gasteiger partial charge is 0.424 e. The first-order chi connectivity index (χ1) is 14.7. The Labute approximate surface area is 202 Å². The van der Waals surface area contributed by atoms with Crippen LogP contribution in [0, 0.1) is 0 Å². The van der Waals surface area contributed by atoms with Crippen molar-refractivity contribution in [3.63, 3.8) is 0 Å². The molecule has 32 heavy (non-hydrogen) atoms. The minimum atomic E-state index is -4.91. The van der Waals surface area contributed by atoms with Crippen LogP contribution in [0.4, 0.5) is 18.9 Å². The van der Waals surface area contributed by atoms with E-state index < -0.39 is 24.0 Å². The number of nitrogens with zero attached hydrogens (tertiary/aromatic N) is 3. The Balaban J connectivity index is 0.00000512. The van der Waals surface area contributed by atoms with E-state index in [2.05, 4.69) is 20.6 Å². The summed E-state index contributed by atoms with van der Waals surface area (Å²) in [5.74, 6) is 0.857. The van der Waals surface area contributed by atoms with Crippen molar-refractivity contribution >= 4 is 35.6 Å². The number of benzene rings is 1. The summed E-state index contributed by atoms with van der Waals surface area (Å²) in [6.07, 6.45) is -3.04. The van der Waals surface area contributed by atoms with Crippen molar-refractivity contribution < 1.29 is 27.8 Å². The van der Waals surface area contributed by atoms with Crippen molar-refractivity contribution in [3.05, 3.63) is 36.4 Å². The van der Waals surface area contributed by atoms with Gasteiger partial charge in [0, 0.05) is 50.7 Å². The Morgan fingerprint density at radius 1 is 1.25 bits per heavy atom. The number of hydrogen-bond acceptors (Lipinski definition) is 5. The monoisotopic (exact) mass is 571 g/mol. The number of imidazole rings is 1. The van der Waals surface area contributed by atoms with Crippen molar-refractivity contribution in [1.82, 2.24) is 14.9 Å². The summed E-state index contributed by atoms with van der Waals surface area (Å²) in [5.41, 5.74) is -2.51. The van der Waals surface area contributed by atoms with Gasteiger partial charge in [0.2, 0.25) is 5.60 Å². The van der Waals surface area contributed by atoms with Crippen LogP contribution >= 0.6 is 24.0 Å². The van der Waals surface area contributed by atoms with Crippen molar-refractivity contribution in [1.29, 1.82) is 0 Å². The molecule has 0 aliphatic carbocycles. The minimum Gasteiger partial charge on any atom is -0.493 e. The molecule has 1 heterocycles. The van der Waals surface area contributed by atoms with Crippen LogP contribution in [0.25, 0.3) is 0 Å². The number of rotatable bonds is 9. The van der Waals surface area contributed by atoms with Gasteiger partial charge in [0.25, 0.3) is 0 Å². The van der Waals surface area contributed by atoms with Crippen LogP contribution < -0.4 is 20.1 Å². The third kappa shape index (κ3) is 6.64. The molecule has 0 fully saturated rings. The number of aliphatic imine (C=N–C) groups is 1. The number of methoxy groups -OCH3 is 1. The summed E-state index contributed by atoms with van der Waals surface area (Å²) in [6, 6.07) is 5.14. The SMILES string of the molecule is CCNC(=NCCC(O)(c1nccn1C)C(F)(F)F)Nc1ccc(OC)c(OCC)c1.I. The third-order valence-electron chi connectivity index (χ3n) is 4.47. The first-order valence-electron chi connectivity index (χ1n) is 9.79. The van der Waals surface area contributed by atoms with Gasteiger partial charge >= 0.3 is 6.18 Å². The lowest BCUT2D eigenvalue weighted by molar-refractivity contribution is -0.272. The summed E-state index contributed by atoms with van der Waals surface area (Å²) in [5, 5.41) is 16.4. The number of aryl methyl sites for hydroxylation is 1. The topological polar surface area (TPSA) is 92.9 Å². The molecule has 180 valence electrons. The van der Waals surface area contributed by atoms with Crippen LogP contribution in [0.5, 0.6) is 11.5 Å². The number of nitrogens with one attached hydrogen (secondary N) is 2. The number of guanidine groups is 1. The fourth-order valence-corrected chi connectivity index (χ4v) is 2.94. The van der Waals surface area contributed by atoms with Crippen LogP contribution in [0.1, 0.15) is 26.1 Å². The Bertz CT molecular complexity index is 892. The maximum absolute atomic E-state index is 13.6. The molecule has 1 aromatic heterocycles. The average Bonchev–Trinajstić information content (AvgIpc) is 3.14. The largest absolute Gasteiger partial charge is 0.493 e. The molecule has 12 heteroatoms. The fraction of sp³-hybridized carbons (Fsp3) is 0.500. The normalized spacial score (nSPS) is 13.7. The summed E-state index contributed by atoms with van der Waals surface area (Å²) in [7, 11) is 2.92. The Morgan fingerprint density at radius 3 is 2.50 bits per heavy atom. The maximum atomic E-state index is 13.6. The summed E-state index contributed by atoms with van der Waals surface area (Å²) < 4.78 is 52.9. The van der Waals surface area contributed by atoms with Gasteiger partial charge in [-0.05, 0) is 26.0 Å². The van der Waals surface area contributed by atoms with Gasteiger partial charge in [-0.15, -0.1) is 24.0 Å². The quantitative estimate of drug-likeness (QED) is 0.242. The number of anilines is 1. The van der Waals surface area contributed by atoms with E-state index in [0.717, 1.165) is 4.57 Å². The zero-order valence-corrected chi connectivity index (χ0v) is 20.7. The lowest BCUT2D eigenvalue weighted by atomic mass is 9.98. The second-order valence-electron chi connectivity index (χ2n) is 6.65. The maximum Gasteiger partial charge on any atom is 0.424 e. The Kier molecular flexibility index (Phi) is 10.5. The van der Waals surface area contributed by atoms with Crippen LogP contribution in [-0.4, -0.2) is 53.6 Å². The van der Waals surface area contributed by atoms with Crippen LogP contribution in [0.3, 0.4) is 0 Å². The highest BCUT2D eigenvalue weighted by molar-refractivity contribution is 14.0. The molecule has 2 aromatic rings. The molecular weight excluding hydrogens is 542 g/mol. The second-order valence-corrected chi connectivity index (χ2v) is 6.65. The molecule has 1 unspecified atom stereocenters. The number of hydrogen-bond donors (Lipinski definition) is 3. The molecule has 0 radical (unpaired) electrons. The van der Waals surface area contributed by atoms with Gasteiger partial charge < -0.3 is 29.8 Å². The molecule has 0 amide bonds. The lowest BCUT2D eigenvalue weighted by Crippen LogP contribution is -2.45. The highest BCUT2D eigenvalue weighted by Crippen LogP contribution is 2.40. The van der Waals surface area contributed by atoms with E-state index in [1.54, 1.807) is 18.2 Å². The first kappa shape index (κ1) is 27.8. The molecule has 0 aliphatic heterocycles. The van der Waals surface area contributed by atoms with Gasteiger partial charge in [0.05, 0.1) is 13.7 Å². The van der Waals surface area contributed by atoms with Crippen LogP contribution in [0.2, 0.25) is 0 Å². The van der Waals surface area contributed by atoms with Crippen LogP contribution in [0.15, 0.2) is 35.6 Å². The van der Waals surface area contributed by atoms with E-state index in [1.807, 2.05) is 13.8 Å². The standard InChI is InChI=1S/C20H28F3N5O3.HI/c1-5-24-18(27-14-7-8-15(30-4)16(13-14)31-6-2)26-10-9-19(29,20(21,22)23)17-25-11-12-28(17)3;/h7-8,11-13,29H,5-6,9-10H2,1-4H3,(H2,24,26,27);1H. The molecule has 2 rings (SSSR count). The molecule has 3 N–H and O–H groups in total. The Hall–Kier alpha value is -2.22. The second kappa shape index (κ2) is 12.1. The molecule has 0 aliphatic rings. The molecule has 1 atom stereocenters. The van der Waals surface area contributed by atoms with Gasteiger partial charge in [0.1, 0.15) is 5.82 Å². The van der Waals surface area contributed by atoms with Crippen molar-refractivity contribution in [2.24, 2.45) is 12.0 Å². The molecule has 0 bridgehead atoms. The van der Waals surface area contributed by atoms with E-state index in [0.29, 0.717) is 30.3 Å². The van der Waals surface area contributed by atoms with E-state index in [1.165, 1.54) is 26.6 Å². The molecule has 0 saturated heterocycles. The third-order valence-corrected chi connectivity index (χ3v) is 4.47. The zero-order valence-electron chi connectivity index (χ0n) is 18.4. The molecular formula is C20H29F3IN5O3. The number of ether oxygens (including phenoxy) is 2. The minimum absolute atomic E-state index is 0. The lowest BCUT2D eigenvalue weighted by Gasteiger charge is -2.29. The van der Waals surface area contributed by atoms with Gasteiger partial charge in [0.15, 0.2) is 17.5 Å².